The Morgan fingerprint density at radius 3 is 2.70 bits per heavy atom. The molecule has 3 rings (SSSR count). The van der Waals surface area contributed by atoms with Crippen LogP contribution in [0.15, 0.2) is 54.7 Å². The number of fused-ring (bicyclic) bond motifs is 1. The van der Waals surface area contributed by atoms with E-state index in [1.165, 1.54) is 22.2 Å². The highest BCUT2D eigenvalue weighted by molar-refractivity contribution is 5.93. The molecule has 0 aliphatic heterocycles. The van der Waals surface area contributed by atoms with E-state index in [0.717, 1.165) is 17.6 Å². The predicted octanol–water partition coefficient (Wildman–Crippen LogP) is 4.85. The zero-order chi connectivity index (χ0) is 13.9. The molecule has 0 amide bonds. The second-order valence-electron chi connectivity index (χ2n) is 5.01. The molecule has 0 fully saturated rings. The van der Waals surface area contributed by atoms with Crippen molar-refractivity contribution in [1.82, 2.24) is 4.98 Å². The van der Waals surface area contributed by atoms with E-state index in [4.69, 9.17) is 0 Å². The smallest absolute Gasteiger partial charge is 0.0723 e. The summed E-state index contributed by atoms with van der Waals surface area (Å²) < 4.78 is 0. The van der Waals surface area contributed by atoms with E-state index in [-0.39, 0.29) is 0 Å². The fourth-order valence-electron chi connectivity index (χ4n) is 2.46. The average molecular weight is 262 g/mol. The Kier molecular flexibility index (Phi) is 3.38. The Hall–Kier alpha value is -2.35. The number of benzene rings is 2. The van der Waals surface area contributed by atoms with Gasteiger partial charge in [-0.25, -0.2) is 0 Å². The zero-order valence-electron chi connectivity index (χ0n) is 11.9. The standard InChI is InChI=1S/C18H18N2/c1-3-14-6-4-5-7-16(14)20-18-10-11-19-17-9-8-13(2)12-15(17)18/h4-12H,3H2,1-2H3,(H,19,20). The van der Waals surface area contributed by atoms with Crippen LogP contribution in [0.4, 0.5) is 11.4 Å². The van der Waals surface area contributed by atoms with Gasteiger partial charge in [0.1, 0.15) is 0 Å². The van der Waals surface area contributed by atoms with E-state index >= 15 is 0 Å². The first-order valence-corrected chi connectivity index (χ1v) is 6.98. The molecule has 2 heteroatoms. The van der Waals surface area contributed by atoms with Gasteiger partial charge in [-0.15, -0.1) is 0 Å². The highest BCUT2D eigenvalue weighted by Gasteiger charge is 2.05. The molecule has 0 radical (unpaired) electrons. The van der Waals surface area contributed by atoms with Crippen molar-refractivity contribution in [2.45, 2.75) is 20.3 Å². The first-order chi connectivity index (χ1) is 9.78. The maximum Gasteiger partial charge on any atom is 0.0723 e. The fraction of sp³-hybridized carbons (Fsp3) is 0.167. The highest BCUT2D eigenvalue weighted by atomic mass is 14.9. The lowest BCUT2D eigenvalue weighted by Gasteiger charge is -2.13. The first kappa shape index (κ1) is 12.7. The lowest BCUT2D eigenvalue weighted by molar-refractivity contribution is 1.14. The van der Waals surface area contributed by atoms with Crippen molar-refractivity contribution in [3.05, 3.63) is 65.9 Å². The van der Waals surface area contributed by atoms with Crippen molar-refractivity contribution in [2.24, 2.45) is 0 Å². The molecule has 0 bridgehead atoms. The Labute approximate surface area is 119 Å². The second-order valence-corrected chi connectivity index (χ2v) is 5.01. The van der Waals surface area contributed by atoms with Gasteiger partial charge >= 0.3 is 0 Å². The number of anilines is 2. The van der Waals surface area contributed by atoms with E-state index in [2.05, 4.69) is 66.6 Å². The second kappa shape index (κ2) is 5.33. The molecule has 2 nitrogen and oxygen atoms in total. The van der Waals surface area contributed by atoms with Gasteiger partial charge in [0, 0.05) is 23.0 Å². The summed E-state index contributed by atoms with van der Waals surface area (Å²) in [5.41, 5.74) is 5.88. The summed E-state index contributed by atoms with van der Waals surface area (Å²) in [6, 6.07) is 16.8. The third-order valence-electron chi connectivity index (χ3n) is 3.56. The first-order valence-electron chi connectivity index (χ1n) is 6.98. The Bertz CT molecular complexity index is 747. The van der Waals surface area contributed by atoms with Crippen LogP contribution in [0.2, 0.25) is 0 Å². The van der Waals surface area contributed by atoms with Gasteiger partial charge in [0.2, 0.25) is 0 Å². The number of nitrogens with one attached hydrogen (secondary N) is 1. The summed E-state index contributed by atoms with van der Waals surface area (Å²) in [6.07, 6.45) is 2.87. The van der Waals surface area contributed by atoms with Crippen LogP contribution >= 0.6 is 0 Å². The summed E-state index contributed by atoms with van der Waals surface area (Å²) >= 11 is 0. The van der Waals surface area contributed by atoms with Gasteiger partial charge in [-0.05, 0) is 43.2 Å². The lowest BCUT2D eigenvalue weighted by atomic mass is 10.1. The van der Waals surface area contributed by atoms with Crippen LogP contribution in [0.5, 0.6) is 0 Å². The number of hydrogen-bond acceptors (Lipinski definition) is 2. The third kappa shape index (κ3) is 2.37. The van der Waals surface area contributed by atoms with Crippen LogP contribution in [0.3, 0.4) is 0 Å². The monoisotopic (exact) mass is 262 g/mol. The number of aryl methyl sites for hydroxylation is 2. The molecule has 20 heavy (non-hydrogen) atoms. The topological polar surface area (TPSA) is 24.9 Å². The van der Waals surface area contributed by atoms with E-state index < -0.39 is 0 Å². The van der Waals surface area contributed by atoms with E-state index in [1.807, 2.05) is 12.3 Å². The van der Waals surface area contributed by atoms with Gasteiger partial charge in [-0.2, -0.15) is 0 Å². The van der Waals surface area contributed by atoms with Crippen molar-refractivity contribution < 1.29 is 0 Å². The van der Waals surface area contributed by atoms with Crippen molar-refractivity contribution >= 4 is 22.3 Å². The Balaban J connectivity index is 2.08. The van der Waals surface area contributed by atoms with Crippen LogP contribution in [0, 0.1) is 6.92 Å². The van der Waals surface area contributed by atoms with E-state index in [0.29, 0.717) is 0 Å². The SMILES string of the molecule is CCc1ccccc1Nc1ccnc2ccc(C)cc12. The van der Waals surface area contributed by atoms with Gasteiger partial charge < -0.3 is 5.32 Å². The zero-order valence-corrected chi connectivity index (χ0v) is 11.9. The molecule has 1 N–H and O–H groups in total. The number of para-hydroxylation sites is 1. The number of hydrogen-bond donors (Lipinski definition) is 1. The molecule has 0 unspecified atom stereocenters. The minimum atomic E-state index is 1.02. The number of rotatable bonds is 3. The summed E-state index contributed by atoms with van der Waals surface area (Å²) in [4.78, 5) is 4.43. The molecule has 0 saturated heterocycles. The summed E-state index contributed by atoms with van der Waals surface area (Å²) in [7, 11) is 0. The molecule has 3 aromatic rings. The number of nitrogens with zero attached hydrogens (tertiary/aromatic N) is 1. The molecular weight excluding hydrogens is 244 g/mol. The summed E-state index contributed by atoms with van der Waals surface area (Å²) in [5.74, 6) is 0. The Morgan fingerprint density at radius 1 is 1.00 bits per heavy atom. The van der Waals surface area contributed by atoms with Crippen LogP contribution in [0.1, 0.15) is 18.1 Å². The summed E-state index contributed by atoms with van der Waals surface area (Å²) in [6.45, 7) is 4.28. The normalized spacial score (nSPS) is 10.7. The van der Waals surface area contributed by atoms with Gasteiger partial charge in [0.25, 0.3) is 0 Å². The van der Waals surface area contributed by atoms with Crippen LogP contribution < -0.4 is 5.32 Å². The lowest BCUT2D eigenvalue weighted by Crippen LogP contribution is -1.96. The molecule has 2 aromatic carbocycles. The molecule has 0 saturated carbocycles. The van der Waals surface area contributed by atoms with E-state index in [1.54, 1.807) is 0 Å². The summed E-state index contributed by atoms with van der Waals surface area (Å²) in [5, 5.41) is 4.72. The minimum Gasteiger partial charge on any atom is -0.355 e. The van der Waals surface area contributed by atoms with Crippen LogP contribution in [-0.4, -0.2) is 4.98 Å². The number of aromatic nitrogens is 1. The van der Waals surface area contributed by atoms with Crippen LogP contribution in [-0.2, 0) is 6.42 Å². The van der Waals surface area contributed by atoms with Crippen molar-refractivity contribution in [2.75, 3.05) is 5.32 Å². The van der Waals surface area contributed by atoms with Crippen LogP contribution in [0.25, 0.3) is 10.9 Å². The molecule has 0 aliphatic carbocycles. The van der Waals surface area contributed by atoms with E-state index in [9.17, 15) is 0 Å². The Morgan fingerprint density at radius 2 is 1.85 bits per heavy atom. The maximum atomic E-state index is 4.43. The minimum absolute atomic E-state index is 1.02. The van der Waals surface area contributed by atoms with Gasteiger partial charge in [0.05, 0.1) is 5.52 Å². The fourth-order valence-corrected chi connectivity index (χ4v) is 2.46. The molecule has 1 heterocycles. The van der Waals surface area contributed by atoms with Gasteiger partial charge in [-0.3, -0.25) is 4.98 Å². The molecule has 0 aliphatic rings. The molecule has 0 atom stereocenters. The average Bonchev–Trinajstić information content (AvgIpc) is 2.48. The molecular formula is C18H18N2. The van der Waals surface area contributed by atoms with Crippen molar-refractivity contribution in [3.63, 3.8) is 0 Å². The predicted molar refractivity (Wildman–Crippen MR) is 85.6 cm³/mol. The largest absolute Gasteiger partial charge is 0.355 e. The quantitative estimate of drug-likeness (QED) is 0.730. The maximum absolute atomic E-state index is 4.43. The third-order valence-corrected chi connectivity index (χ3v) is 3.56. The molecule has 1 aromatic heterocycles. The molecule has 0 spiro atoms. The van der Waals surface area contributed by atoms with Crippen molar-refractivity contribution in [3.8, 4) is 0 Å². The molecule has 100 valence electrons. The number of pyridine rings is 1. The highest BCUT2D eigenvalue weighted by Crippen LogP contribution is 2.27. The van der Waals surface area contributed by atoms with Gasteiger partial charge in [-0.1, -0.05) is 36.8 Å². The van der Waals surface area contributed by atoms with Gasteiger partial charge in [0.15, 0.2) is 0 Å². The van der Waals surface area contributed by atoms with Crippen molar-refractivity contribution in [1.29, 1.82) is 0 Å².